The van der Waals surface area contributed by atoms with Crippen molar-refractivity contribution in [3.63, 3.8) is 0 Å². The number of nitrogens with two attached hydrogens (primary N) is 1. The Labute approximate surface area is 118 Å². The molecular weight excluding hydrogens is 248 g/mol. The smallest absolute Gasteiger partial charge is 0.153 e. The molecule has 0 aliphatic rings. The van der Waals surface area contributed by atoms with Gasteiger partial charge in [-0.1, -0.05) is 23.8 Å². The van der Waals surface area contributed by atoms with E-state index in [0.717, 1.165) is 29.0 Å². The van der Waals surface area contributed by atoms with Gasteiger partial charge in [0.15, 0.2) is 5.65 Å². The zero-order valence-corrected chi connectivity index (χ0v) is 11.8. The van der Waals surface area contributed by atoms with Crippen molar-refractivity contribution in [3.8, 4) is 11.3 Å². The molecule has 3 aromatic rings. The highest BCUT2D eigenvalue weighted by Crippen LogP contribution is 2.22. The number of hydrogen-bond acceptors (Lipinski definition) is 3. The molecule has 20 heavy (non-hydrogen) atoms. The highest BCUT2D eigenvalue weighted by atomic mass is 15.3. The van der Waals surface area contributed by atoms with E-state index in [1.165, 1.54) is 11.1 Å². The minimum atomic E-state index is 0.600. The van der Waals surface area contributed by atoms with Crippen LogP contribution in [0.2, 0.25) is 0 Å². The summed E-state index contributed by atoms with van der Waals surface area (Å²) in [6.45, 7) is 4.81. The third-order valence-corrected chi connectivity index (χ3v) is 3.49. The van der Waals surface area contributed by atoms with E-state index in [-0.39, 0.29) is 0 Å². The summed E-state index contributed by atoms with van der Waals surface area (Å²) >= 11 is 0. The van der Waals surface area contributed by atoms with Gasteiger partial charge < -0.3 is 5.73 Å². The van der Waals surface area contributed by atoms with E-state index >= 15 is 0 Å². The Morgan fingerprint density at radius 1 is 1.15 bits per heavy atom. The molecule has 0 fully saturated rings. The number of aromatic nitrogens is 3. The molecule has 1 aromatic carbocycles. The molecule has 0 saturated carbocycles. The van der Waals surface area contributed by atoms with Crippen LogP contribution in [-0.2, 0) is 6.42 Å². The standard InChI is InChI=1S/C16H18N4/c1-11-3-4-14(12(2)9-11)15-5-6-16-18-10-13(7-8-17)20(16)19-15/h3-6,9-10H,7-8,17H2,1-2H3. The van der Waals surface area contributed by atoms with Gasteiger partial charge in [-0.15, -0.1) is 0 Å². The summed E-state index contributed by atoms with van der Waals surface area (Å²) < 4.78 is 1.89. The van der Waals surface area contributed by atoms with Gasteiger partial charge in [-0.3, -0.25) is 0 Å². The monoisotopic (exact) mass is 266 g/mol. The lowest BCUT2D eigenvalue weighted by atomic mass is 10.0. The fourth-order valence-electron chi connectivity index (χ4n) is 2.48. The zero-order valence-electron chi connectivity index (χ0n) is 11.8. The summed E-state index contributed by atoms with van der Waals surface area (Å²) in [4.78, 5) is 4.35. The van der Waals surface area contributed by atoms with Gasteiger partial charge in [0.1, 0.15) is 0 Å². The fraction of sp³-hybridized carbons (Fsp3) is 0.250. The highest BCUT2D eigenvalue weighted by molar-refractivity contribution is 5.64. The van der Waals surface area contributed by atoms with Gasteiger partial charge in [-0.2, -0.15) is 5.10 Å². The molecule has 0 saturated heterocycles. The topological polar surface area (TPSA) is 56.2 Å². The van der Waals surface area contributed by atoms with Gasteiger partial charge in [0.05, 0.1) is 17.6 Å². The van der Waals surface area contributed by atoms with E-state index in [9.17, 15) is 0 Å². The summed E-state index contributed by atoms with van der Waals surface area (Å²) in [5.41, 5.74) is 12.2. The largest absolute Gasteiger partial charge is 0.330 e. The van der Waals surface area contributed by atoms with Crippen molar-refractivity contribution in [2.75, 3.05) is 6.54 Å². The summed E-state index contributed by atoms with van der Waals surface area (Å²) in [5, 5.41) is 4.71. The maximum absolute atomic E-state index is 5.63. The Bertz CT molecular complexity index is 758. The van der Waals surface area contributed by atoms with Crippen LogP contribution in [-0.4, -0.2) is 21.1 Å². The summed E-state index contributed by atoms with van der Waals surface area (Å²) in [5.74, 6) is 0. The summed E-state index contributed by atoms with van der Waals surface area (Å²) in [6.07, 6.45) is 2.63. The summed E-state index contributed by atoms with van der Waals surface area (Å²) in [6, 6.07) is 10.4. The SMILES string of the molecule is Cc1ccc(-c2ccc3ncc(CCN)n3n2)c(C)c1. The van der Waals surface area contributed by atoms with E-state index in [1.54, 1.807) is 0 Å². The summed E-state index contributed by atoms with van der Waals surface area (Å²) in [7, 11) is 0. The maximum atomic E-state index is 5.63. The second-order valence-electron chi connectivity index (χ2n) is 5.10. The molecule has 0 atom stereocenters. The van der Waals surface area contributed by atoms with Gasteiger partial charge >= 0.3 is 0 Å². The Hall–Kier alpha value is -2.20. The van der Waals surface area contributed by atoms with Crippen molar-refractivity contribution in [1.82, 2.24) is 14.6 Å². The molecule has 0 amide bonds. The van der Waals surface area contributed by atoms with Crippen molar-refractivity contribution in [3.05, 3.63) is 53.3 Å². The maximum Gasteiger partial charge on any atom is 0.153 e. The first-order chi connectivity index (χ1) is 9.69. The van der Waals surface area contributed by atoms with E-state index < -0.39 is 0 Å². The average molecular weight is 266 g/mol. The van der Waals surface area contributed by atoms with E-state index in [4.69, 9.17) is 10.8 Å². The van der Waals surface area contributed by atoms with E-state index in [1.807, 2.05) is 22.8 Å². The van der Waals surface area contributed by atoms with Crippen LogP contribution in [0.15, 0.2) is 36.5 Å². The number of hydrogen-bond donors (Lipinski definition) is 1. The van der Waals surface area contributed by atoms with E-state index in [0.29, 0.717) is 6.54 Å². The van der Waals surface area contributed by atoms with E-state index in [2.05, 4.69) is 37.0 Å². The Morgan fingerprint density at radius 3 is 2.75 bits per heavy atom. The van der Waals surface area contributed by atoms with Crippen LogP contribution in [0.4, 0.5) is 0 Å². The van der Waals surface area contributed by atoms with Crippen molar-refractivity contribution >= 4 is 5.65 Å². The lowest BCUT2D eigenvalue weighted by molar-refractivity contribution is 0.829. The molecule has 0 bridgehead atoms. The third kappa shape index (κ3) is 2.18. The molecule has 0 unspecified atom stereocenters. The van der Waals surface area contributed by atoms with Crippen LogP contribution in [0.5, 0.6) is 0 Å². The molecule has 0 radical (unpaired) electrons. The Balaban J connectivity index is 2.14. The fourth-order valence-corrected chi connectivity index (χ4v) is 2.48. The molecule has 0 aliphatic heterocycles. The molecule has 0 spiro atoms. The molecule has 3 rings (SSSR count). The Morgan fingerprint density at radius 2 is 2.00 bits per heavy atom. The first-order valence-corrected chi connectivity index (χ1v) is 6.80. The molecule has 102 valence electrons. The minimum Gasteiger partial charge on any atom is -0.330 e. The highest BCUT2D eigenvalue weighted by Gasteiger charge is 2.08. The molecule has 2 heterocycles. The molecule has 2 aromatic heterocycles. The van der Waals surface area contributed by atoms with Gasteiger partial charge in [-0.25, -0.2) is 9.50 Å². The number of aryl methyl sites for hydroxylation is 2. The van der Waals surface area contributed by atoms with Crippen molar-refractivity contribution in [1.29, 1.82) is 0 Å². The minimum absolute atomic E-state index is 0.600. The van der Waals surface area contributed by atoms with Crippen molar-refractivity contribution in [2.45, 2.75) is 20.3 Å². The third-order valence-electron chi connectivity index (χ3n) is 3.49. The van der Waals surface area contributed by atoms with Crippen LogP contribution in [0, 0.1) is 13.8 Å². The molecule has 2 N–H and O–H groups in total. The number of nitrogens with zero attached hydrogens (tertiary/aromatic N) is 3. The first-order valence-electron chi connectivity index (χ1n) is 6.80. The van der Waals surface area contributed by atoms with Crippen LogP contribution in [0.1, 0.15) is 16.8 Å². The van der Waals surface area contributed by atoms with Crippen LogP contribution in [0.3, 0.4) is 0 Å². The second-order valence-corrected chi connectivity index (χ2v) is 5.10. The Kier molecular flexibility index (Phi) is 3.24. The predicted octanol–water partition coefficient (Wildman–Crippen LogP) is 2.51. The molecule has 4 nitrogen and oxygen atoms in total. The zero-order chi connectivity index (χ0) is 14.1. The van der Waals surface area contributed by atoms with Gasteiger partial charge in [0, 0.05) is 12.0 Å². The van der Waals surface area contributed by atoms with Gasteiger partial charge in [0.25, 0.3) is 0 Å². The van der Waals surface area contributed by atoms with Crippen LogP contribution in [0.25, 0.3) is 16.9 Å². The lowest BCUT2D eigenvalue weighted by Crippen LogP contribution is -2.07. The number of rotatable bonds is 3. The van der Waals surface area contributed by atoms with Gasteiger partial charge in [0.2, 0.25) is 0 Å². The van der Waals surface area contributed by atoms with Gasteiger partial charge in [-0.05, 0) is 38.1 Å². The van der Waals surface area contributed by atoms with Crippen molar-refractivity contribution in [2.24, 2.45) is 5.73 Å². The van der Waals surface area contributed by atoms with Crippen molar-refractivity contribution < 1.29 is 0 Å². The quantitative estimate of drug-likeness (QED) is 0.792. The lowest BCUT2D eigenvalue weighted by Gasteiger charge is -2.07. The van der Waals surface area contributed by atoms with Crippen LogP contribution >= 0.6 is 0 Å². The second kappa shape index (κ2) is 5.06. The molecule has 4 heteroatoms. The number of benzene rings is 1. The van der Waals surface area contributed by atoms with Crippen LogP contribution < -0.4 is 5.73 Å². The number of imidazole rings is 1. The number of fused-ring (bicyclic) bond motifs is 1. The average Bonchev–Trinajstić information content (AvgIpc) is 2.82. The normalized spacial score (nSPS) is 11.2. The first kappa shape index (κ1) is 12.8. The molecular formula is C16H18N4. The molecule has 0 aliphatic carbocycles. The predicted molar refractivity (Wildman–Crippen MR) is 80.7 cm³/mol.